The summed E-state index contributed by atoms with van der Waals surface area (Å²) in [5.74, 6) is 0. The van der Waals surface area contributed by atoms with E-state index in [9.17, 15) is 0 Å². The molecular weight excluding hydrogens is 104 g/mol. The van der Waals surface area contributed by atoms with Gasteiger partial charge in [-0.05, 0) is 0 Å². The van der Waals surface area contributed by atoms with Gasteiger partial charge in [0.25, 0.3) is 0 Å². The van der Waals surface area contributed by atoms with Crippen molar-refractivity contribution in [3.63, 3.8) is 0 Å². The van der Waals surface area contributed by atoms with Crippen molar-refractivity contribution in [2.75, 3.05) is 13.2 Å². The van der Waals surface area contributed by atoms with Crippen molar-refractivity contribution in [1.82, 2.24) is 0 Å². The van der Waals surface area contributed by atoms with Gasteiger partial charge in [-0.15, -0.1) is 0 Å². The van der Waals surface area contributed by atoms with Crippen LogP contribution in [0.3, 0.4) is 0 Å². The predicted molar refractivity (Wildman–Crippen MR) is 32.6 cm³/mol. The summed E-state index contributed by atoms with van der Waals surface area (Å²) in [6, 6.07) is 0. The molecular formula is C6H14O2. The van der Waals surface area contributed by atoms with E-state index in [1.165, 1.54) is 25.7 Å². The van der Waals surface area contributed by atoms with Crippen LogP contribution in [0, 0.1) is 0 Å². The van der Waals surface area contributed by atoms with E-state index in [0.717, 1.165) is 0 Å². The summed E-state index contributed by atoms with van der Waals surface area (Å²) in [6.07, 6.45) is 6.00. The quantitative estimate of drug-likeness (QED) is 0.527. The van der Waals surface area contributed by atoms with Crippen LogP contribution in [-0.4, -0.2) is 23.4 Å². The molecule has 0 bridgehead atoms. The van der Waals surface area contributed by atoms with Gasteiger partial charge in [-0.2, -0.15) is 0 Å². The van der Waals surface area contributed by atoms with E-state index in [0.29, 0.717) is 0 Å². The summed E-state index contributed by atoms with van der Waals surface area (Å²) in [6.45, 7) is -0.250. The molecule has 0 unspecified atom stereocenters. The molecule has 0 aliphatic heterocycles. The summed E-state index contributed by atoms with van der Waals surface area (Å²) >= 11 is 0. The van der Waals surface area contributed by atoms with Gasteiger partial charge in [0.05, 0.1) is 13.2 Å². The van der Waals surface area contributed by atoms with Crippen LogP contribution in [0.4, 0.5) is 0 Å². The van der Waals surface area contributed by atoms with E-state index in [4.69, 9.17) is 10.2 Å². The van der Waals surface area contributed by atoms with Crippen LogP contribution in [0.5, 0.6) is 0 Å². The maximum absolute atomic E-state index is 7.62. The van der Waals surface area contributed by atoms with Crippen LogP contribution in [0.25, 0.3) is 0 Å². The molecule has 1 saturated carbocycles. The van der Waals surface area contributed by atoms with Crippen molar-refractivity contribution < 1.29 is 10.2 Å². The van der Waals surface area contributed by atoms with Gasteiger partial charge in [-0.3, -0.25) is 0 Å². The Bertz CT molecular complexity index is 27.5. The second kappa shape index (κ2) is 6.92. The molecule has 1 rings (SSSR count). The lowest BCUT2D eigenvalue weighted by Gasteiger charge is -2.05. The fourth-order valence-electron chi connectivity index (χ4n) is 0.250. The summed E-state index contributed by atoms with van der Waals surface area (Å²) < 4.78 is 0. The van der Waals surface area contributed by atoms with Gasteiger partial charge in [0, 0.05) is 0 Å². The number of rotatable bonds is 1. The molecule has 0 heterocycles. The minimum absolute atomic E-state index is 0.125. The molecule has 1 fully saturated rings. The Labute approximate surface area is 50.2 Å². The van der Waals surface area contributed by atoms with Gasteiger partial charge in [0.1, 0.15) is 0 Å². The highest BCUT2D eigenvalue weighted by atomic mass is 16.3. The Balaban J connectivity index is 0.000000122. The molecule has 2 heteroatoms. The largest absolute Gasteiger partial charge is 0.394 e. The van der Waals surface area contributed by atoms with E-state index < -0.39 is 0 Å². The second-order valence-corrected chi connectivity index (χ2v) is 1.86. The molecule has 2 N–H and O–H groups in total. The van der Waals surface area contributed by atoms with Crippen molar-refractivity contribution in [3.05, 3.63) is 0 Å². The van der Waals surface area contributed by atoms with Crippen LogP contribution in [0.2, 0.25) is 0 Å². The zero-order chi connectivity index (χ0) is 6.24. The topological polar surface area (TPSA) is 40.5 Å². The molecule has 0 atom stereocenters. The zero-order valence-electron chi connectivity index (χ0n) is 5.14. The van der Waals surface area contributed by atoms with E-state index in [-0.39, 0.29) is 13.2 Å². The van der Waals surface area contributed by atoms with Gasteiger partial charge in [-0.25, -0.2) is 0 Å². The van der Waals surface area contributed by atoms with Crippen LogP contribution in [-0.2, 0) is 0 Å². The Kier molecular flexibility index (Phi) is 6.85. The maximum atomic E-state index is 7.62. The van der Waals surface area contributed by atoms with Crippen molar-refractivity contribution in [2.45, 2.75) is 25.7 Å². The summed E-state index contributed by atoms with van der Waals surface area (Å²) in [7, 11) is 0. The molecule has 50 valence electrons. The average Bonchev–Trinajstić information content (AvgIpc) is 1.61. The van der Waals surface area contributed by atoms with Gasteiger partial charge in [0.15, 0.2) is 0 Å². The maximum Gasteiger partial charge on any atom is 0.0662 e. The van der Waals surface area contributed by atoms with E-state index in [1.54, 1.807) is 0 Å². The minimum atomic E-state index is -0.125. The minimum Gasteiger partial charge on any atom is -0.394 e. The second-order valence-electron chi connectivity index (χ2n) is 1.86. The molecule has 0 aromatic carbocycles. The molecule has 0 amide bonds. The van der Waals surface area contributed by atoms with E-state index in [1.807, 2.05) is 0 Å². The first-order chi connectivity index (χ1) is 3.91. The summed E-state index contributed by atoms with van der Waals surface area (Å²) in [5, 5.41) is 15.2. The third-order valence-electron chi connectivity index (χ3n) is 1.10. The molecule has 0 saturated heterocycles. The van der Waals surface area contributed by atoms with E-state index in [2.05, 4.69) is 0 Å². The van der Waals surface area contributed by atoms with Crippen LogP contribution in [0.1, 0.15) is 25.7 Å². The first kappa shape index (κ1) is 7.92. The van der Waals surface area contributed by atoms with Crippen LogP contribution >= 0.6 is 0 Å². The average molecular weight is 118 g/mol. The van der Waals surface area contributed by atoms with E-state index >= 15 is 0 Å². The van der Waals surface area contributed by atoms with Gasteiger partial charge >= 0.3 is 0 Å². The number of aliphatic hydroxyl groups excluding tert-OH is 2. The first-order valence-corrected chi connectivity index (χ1v) is 3.13. The third kappa shape index (κ3) is 5.92. The third-order valence-corrected chi connectivity index (χ3v) is 1.10. The lowest BCUT2D eigenvalue weighted by Crippen LogP contribution is -1.85. The van der Waals surface area contributed by atoms with Crippen molar-refractivity contribution >= 4 is 0 Å². The molecule has 0 spiro atoms. The van der Waals surface area contributed by atoms with Crippen LogP contribution in [0.15, 0.2) is 0 Å². The Morgan fingerprint density at radius 2 is 1.00 bits per heavy atom. The Morgan fingerprint density at radius 3 is 1.00 bits per heavy atom. The van der Waals surface area contributed by atoms with Crippen molar-refractivity contribution in [2.24, 2.45) is 0 Å². The molecule has 0 radical (unpaired) electrons. The molecule has 2 nitrogen and oxygen atoms in total. The number of hydrogen-bond donors (Lipinski definition) is 2. The zero-order valence-corrected chi connectivity index (χ0v) is 5.14. The van der Waals surface area contributed by atoms with Gasteiger partial charge < -0.3 is 10.2 Å². The summed E-state index contributed by atoms with van der Waals surface area (Å²) in [4.78, 5) is 0. The normalized spacial score (nSPS) is 15.8. The smallest absolute Gasteiger partial charge is 0.0662 e. The van der Waals surface area contributed by atoms with Gasteiger partial charge in [0.2, 0.25) is 0 Å². The standard InChI is InChI=1S/C4H8.C2H6O2/c1-2-4-3-1;3-1-2-4/h1-4H2;3-4H,1-2H2. The monoisotopic (exact) mass is 118 g/mol. The molecule has 1 aliphatic rings. The van der Waals surface area contributed by atoms with Crippen molar-refractivity contribution in [3.8, 4) is 0 Å². The Hall–Kier alpha value is -0.0800. The van der Waals surface area contributed by atoms with Crippen LogP contribution < -0.4 is 0 Å². The highest BCUT2D eigenvalue weighted by Crippen LogP contribution is 2.15. The molecule has 8 heavy (non-hydrogen) atoms. The fourth-order valence-corrected chi connectivity index (χ4v) is 0.250. The molecule has 0 aromatic heterocycles. The predicted octanol–water partition coefficient (Wildman–Crippen LogP) is 0.531. The fraction of sp³-hybridized carbons (Fsp3) is 1.00. The lowest BCUT2D eigenvalue weighted by molar-refractivity contribution is 0.186. The lowest BCUT2D eigenvalue weighted by atomic mass is 10.0. The van der Waals surface area contributed by atoms with Gasteiger partial charge in [-0.1, -0.05) is 25.7 Å². The van der Waals surface area contributed by atoms with Crippen molar-refractivity contribution in [1.29, 1.82) is 0 Å². The summed E-state index contributed by atoms with van der Waals surface area (Å²) in [5.41, 5.74) is 0. The number of hydrogen-bond acceptors (Lipinski definition) is 2. The molecule has 1 aliphatic carbocycles. The highest BCUT2D eigenvalue weighted by Gasteiger charge is 1.95. The SMILES string of the molecule is C1CCC1.OCCO. The molecule has 0 aromatic rings. The first-order valence-electron chi connectivity index (χ1n) is 3.13. The Morgan fingerprint density at radius 1 is 0.750 bits per heavy atom. The highest BCUT2D eigenvalue weighted by molar-refractivity contribution is 4.50. The number of aliphatic hydroxyl groups is 2.